The van der Waals surface area contributed by atoms with Gasteiger partial charge in [-0.3, -0.25) is 4.55 Å². The Morgan fingerprint density at radius 3 is 2.00 bits per heavy atom. The van der Waals surface area contributed by atoms with Gasteiger partial charge >= 0.3 is 10.4 Å². The fraction of sp³-hybridized carbons (Fsp3) is 1.00. The number of halogens is 1. The van der Waals surface area contributed by atoms with Crippen LogP contribution < -0.4 is 4.84 Å². The van der Waals surface area contributed by atoms with Crippen molar-refractivity contribution < 1.29 is 17.2 Å². The summed E-state index contributed by atoms with van der Waals surface area (Å²) in [5.74, 6) is 0. The molecule has 100 valence electrons. The van der Waals surface area contributed by atoms with Crippen molar-refractivity contribution in [3.8, 4) is 0 Å². The molecule has 8 heteroatoms. The highest BCUT2D eigenvalue weighted by Gasteiger charge is 2.12. The number of hydrogen-bond acceptors (Lipinski definition) is 5. The third kappa shape index (κ3) is 16.5. The molecular formula is C8H21ClN2O4S. The molecule has 16 heavy (non-hydrogen) atoms. The Hall–Kier alpha value is 0.0800. The van der Waals surface area contributed by atoms with Gasteiger partial charge in [0.15, 0.2) is 0 Å². The summed E-state index contributed by atoms with van der Waals surface area (Å²) in [5.41, 5.74) is 0. The van der Waals surface area contributed by atoms with Crippen molar-refractivity contribution in [1.29, 1.82) is 0 Å². The van der Waals surface area contributed by atoms with E-state index < -0.39 is 16.6 Å². The Balaban J connectivity index is 0. The first kappa shape index (κ1) is 18.4. The molecule has 0 saturated heterocycles. The smallest absolute Gasteiger partial charge is 0.309 e. The van der Waals surface area contributed by atoms with Crippen molar-refractivity contribution in [3.05, 3.63) is 0 Å². The zero-order valence-corrected chi connectivity index (χ0v) is 11.7. The molecule has 0 amide bonds. The molecule has 1 atom stereocenters. The first-order valence-corrected chi connectivity index (χ1v) is 6.67. The van der Waals surface area contributed by atoms with E-state index in [9.17, 15) is 8.42 Å². The SMILES string of the molecule is CCC(NCl)OS(=O)(=O)O.CCCN(C)C. The van der Waals surface area contributed by atoms with Crippen LogP contribution >= 0.6 is 11.8 Å². The molecule has 0 aliphatic rings. The number of nitrogens with zero attached hydrogens (tertiary/aromatic N) is 1. The van der Waals surface area contributed by atoms with Gasteiger partial charge in [0.25, 0.3) is 0 Å². The number of nitrogens with one attached hydrogen (secondary N) is 1. The predicted molar refractivity (Wildman–Crippen MR) is 64.5 cm³/mol. The Morgan fingerprint density at radius 2 is 1.94 bits per heavy atom. The van der Waals surface area contributed by atoms with E-state index in [4.69, 9.17) is 16.3 Å². The lowest BCUT2D eigenvalue weighted by Gasteiger charge is -2.08. The second-order valence-corrected chi connectivity index (χ2v) is 4.60. The number of rotatable bonds is 6. The average Bonchev–Trinajstić information content (AvgIpc) is 2.13. The van der Waals surface area contributed by atoms with Crippen molar-refractivity contribution in [2.75, 3.05) is 20.6 Å². The van der Waals surface area contributed by atoms with E-state index in [0.29, 0.717) is 6.42 Å². The zero-order chi connectivity index (χ0) is 13.2. The molecule has 0 aromatic heterocycles. The Labute approximate surface area is 103 Å². The highest BCUT2D eigenvalue weighted by atomic mass is 35.5. The third-order valence-corrected chi connectivity index (χ3v) is 2.12. The molecule has 0 aromatic rings. The molecule has 1 unspecified atom stereocenters. The lowest BCUT2D eigenvalue weighted by molar-refractivity contribution is 0.169. The molecule has 0 heterocycles. The van der Waals surface area contributed by atoms with Crippen LogP contribution in [-0.4, -0.2) is 44.7 Å². The molecule has 0 rings (SSSR count). The fourth-order valence-corrected chi connectivity index (χ4v) is 1.49. The van der Waals surface area contributed by atoms with Crippen molar-refractivity contribution in [1.82, 2.24) is 9.74 Å². The van der Waals surface area contributed by atoms with Gasteiger partial charge in [-0.2, -0.15) is 8.42 Å². The van der Waals surface area contributed by atoms with E-state index >= 15 is 0 Å². The van der Waals surface area contributed by atoms with Crippen LogP contribution in [0.4, 0.5) is 0 Å². The first-order valence-electron chi connectivity index (χ1n) is 4.93. The van der Waals surface area contributed by atoms with Crippen molar-refractivity contribution in [3.63, 3.8) is 0 Å². The maximum Gasteiger partial charge on any atom is 0.398 e. The van der Waals surface area contributed by atoms with Gasteiger partial charge in [0.2, 0.25) is 0 Å². The topological polar surface area (TPSA) is 78.9 Å². The fourth-order valence-electron chi connectivity index (χ4n) is 0.757. The molecular weight excluding hydrogens is 256 g/mol. The van der Waals surface area contributed by atoms with Gasteiger partial charge in [0.1, 0.15) is 6.23 Å². The van der Waals surface area contributed by atoms with E-state index in [1.807, 2.05) is 4.84 Å². The second-order valence-electron chi connectivity index (χ2n) is 3.33. The van der Waals surface area contributed by atoms with Crippen molar-refractivity contribution >= 4 is 22.2 Å². The molecule has 2 N–H and O–H groups in total. The van der Waals surface area contributed by atoms with Crippen LogP contribution in [0.15, 0.2) is 0 Å². The monoisotopic (exact) mass is 276 g/mol. The van der Waals surface area contributed by atoms with Crippen molar-refractivity contribution in [2.24, 2.45) is 0 Å². The maximum absolute atomic E-state index is 9.99. The third-order valence-electron chi connectivity index (χ3n) is 1.40. The molecule has 0 spiro atoms. The number of hydrogen-bond donors (Lipinski definition) is 2. The Kier molecular flexibility index (Phi) is 11.8. The quantitative estimate of drug-likeness (QED) is 0.432. The summed E-state index contributed by atoms with van der Waals surface area (Å²) in [6.07, 6.45) is 0.715. The molecule has 0 bridgehead atoms. The van der Waals surface area contributed by atoms with E-state index in [2.05, 4.69) is 30.1 Å². The first-order chi connectivity index (χ1) is 7.26. The Morgan fingerprint density at radius 1 is 1.44 bits per heavy atom. The van der Waals surface area contributed by atoms with Crippen LogP contribution in [0.1, 0.15) is 26.7 Å². The lowest BCUT2D eigenvalue weighted by atomic mass is 10.5. The summed E-state index contributed by atoms with van der Waals surface area (Å²) < 4.78 is 32.1. The normalized spacial score (nSPS) is 13.2. The predicted octanol–water partition coefficient (Wildman–Crippen LogP) is 1.24. The molecule has 0 radical (unpaired) electrons. The summed E-state index contributed by atoms with van der Waals surface area (Å²) in [5, 5.41) is 0. The van der Waals surface area contributed by atoms with Crippen LogP contribution in [0.5, 0.6) is 0 Å². The van der Waals surface area contributed by atoms with Crippen LogP contribution in [-0.2, 0) is 14.6 Å². The zero-order valence-electron chi connectivity index (χ0n) is 10.1. The van der Waals surface area contributed by atoms with E-state index in [1.165, 1.54) is 13.0 Å². The van der Waals surface area contributed by atoms with Crippen molar-refractivity contribution in [2.45, 2.75) is 32.9 Å². The van der Waals surface area contributed by atoms with Gasteiger partial charge in [0, 0.05) is 0 Å². The van der Waals surface area contributed by atoms with Gasteiger partial charge in [-0.25, -0.2) is 9.02 Å². The van der Waals surface area contributed by atoms with Crippen LogP contribution in [0, 0.1) is 0 Å². The summed E-state index contributed by atoms with van der Waals surface area (Å²) in [6.45, 7) is 5.03. The van der Waals surface area contributed by atoms with Gasteiger partial charge in [-0.05, 0) is 45.3 Å². The maximum atomic E-state index is 9.99. The molecule has 0 saturated carbocycles. The second kappa shape index (κ2) is 10.2. The average molecular weight is 277 g/mol. The summed E-state index contributed by atoms with van der Waals surface area (Å²) in [7, 11) is -0.221. The lowest BCUT2D eigenvalue weighted by Crippen LogP contribution is -2.26. The van der Waals surface area contributed by atoms with E-state index in [1.54, 1.807) is 6.92 Å². The Bertz CT molecular complexity index is 242. The van der Waals surface area contributed by atoms with Gasteiger partial charge in [-0.15, -0.1) is 0 Å². The standard InChI is InChI=1S/C5H13N.C3H8ClNO4S/c1-4-5-6(2)3;1-2-3(5-4)9-10(6,7)8/h4-5H2,1-3H3;3,5H,2H2,1H3,(H,6,7,8). The summed E-state index contributed by atoms with van der Waals surface area (Å²) >= 11 is 5.02. The highest BCUT2D eigenvalue weighted by Crippen LogP contribution is 1.98. The minimum atomic E-state index is -4.39. The molecule has 0 aliphatic carbocycles. The summed E-state index contributed by atoms with van der Waals surface area (Å²) in [4.78, 5) is 4.20. The van der Waals surface area contributed by atoms with Crippen LogP contribution in [0.2, 0.25) is 0 Å². The molecule has 6 nitrogen and oxygen atoms in total. The van der Waals surface area contributed by atoms with Crippen LogP contribution in [0.25, 0.3) is 0 Å². The van der Waals surface area contributed by atoms with Gasteiger partial charge < -0.3 is 4.90 Å². The van der Waals surface area contributed by atoms with Gasteiger partial charge in [-0.1, -0.05) is 13.8 Å². The minimum Gasteiger partial charge on any atom is -0.309 e. The molecule has 0 fully saturated rings. The minimum absolute atomic E-state index is 0.337. The molecule has 0 aliphatic heterocycles. The summed E-state index contributed by atoms with van der Waals surface area (Å²) in [6, 6.07) is 0. The van der Waals surface area contributed by atoms with Crippen LogP contribution in [0.3, 0.4) is 0 Å². The highest BCUT2D eigenvalue weighted by molar-refractivity contribution is 7.80. The molecule has 0 aromatic carbocycles. The van der Waals surface area contributed by atoms with Gasteiger partial charge in [0.05, 0.1) is 0 Å². The largest absolute Gasteiger partial charge is 0.398 e. The van der Waals surface area contributed by atoms with E-state index in [-0.39, 0.29) is 0 Å². The van der Waals surface area contributed by atoms with E-state index in [0.717, 1.165) is 0 Å².